The second-order valence-corrected chi connectivity index (χ2v) is 8.05. The van der Waals surface area contributed by atoms with E-state index in [1.54, 1.807) is 66.7 Å². The predicted molar refractivity (Wildman–Crippen MR) is 134 cm³/mol. The van der Waals surface area contributed by atoms with Crippen LogP contribution in [-0.2, 0) is 4.79 Å². The molecule has 0 spiro atoms. The van der Waals surface area contributed by atoms with Crippen molar-refractivity contribution in [1.29, 1.82) is 0 Å². The fraction of sp³-hybridized carbons (Fsp3) is 0.192. The lowest BCUT2D eigenvalue weighted by molar-refractivity contribution is -0.123. The van der Waals surface area contributed by atoms with E-state index in [9.17, 15) is 9.59 Å². The van der Waals surface area contributed by atoms with Gasteiger partial charge in [0, 0.05) is 4.47 Å². The van der Waals surface area contributed by atoms with Gasteiger partial charge < -0.3 is 14.2 Å². The van der Waals surface area contributed by atoms with Crippen LogP contribution < -0.4 is 19.6 Å². The second kappa shape index (κ2) is 13.2. The second-order valence-electron chi connectivity index (χ2n) is 7.19. The van der Waals surface area contributed by atoms with Crippen LogP contribution >= 0.6 is 15.9 Å². The molecule has 0 heterocycles. The van der Waals surface area contributed by atoms with E-state index in [1.807, 2.05) is 6.07 Å². The maximum absolute atomic E-state index is 12.3. The molecule has 1 N–H and O–H groups in total. The van der Waals surface area contributed by atoms with Crippen molar-refractivity contribution in [2.75, 3.05) is 13.2 Å². The lowest BCUT2D eigenvalue weighted by Crippen LogP contribution is -2.24. The van der Waals surface area contributed by atoms with E-state index in [2.05, 4.69) is 33.4 Å². The monoisotopic (exact) mass is 524 g/mol. The Hall–Kier alpha value is -3.65. The van der Waals surface area contributed by atoms with Gasteiger partial charge in [0.1, 0.15) is 17.2 Å². The number of benzene rings is 3. The molecular formula is C26H25BrN2O5. The SMILES string of the molecule is CCCCOc1ccc(OCC(=O)N/N=C/c2ccc(OC(=O)c3ccccc3Br)cc2)cc1. The number of ether oxygens (including phenoxy) is 3. The fourth-order valence-corrected chi connectivity index (χ4v) is 3.18. The van der Waals surface area contributed by atoms with Gasteiger partial charge in [-0.3, -0.25) is 4.79 Å². The quantitative estimate of drug-likeness (QED) is 0.120. The maximum Gasteiger partial charge on any atom is 0.344 e. The van der Waals surface area contributed by atoms with Crippen molar-refractivity contribution in [2.24, 2.45) is 5.10 Å². The molecule has 0 bridgehead atoms. The van der Waals surface area contributed by atoms with Crippen molar-refractivity contribution >= 4 is 34.0 Å². The number of esters is 1. The highest BCUT2D eigenvalue weighted by molar-refractivity contribution is 9.10. The van der Waals surface area contributed by atoms with E-state index in [4.69, 9.17) is 14.2 Å². The Labute approximate surface area is 206 Å². The smallest absolute Gasteiger partial charge is 0.344 e. The third-order valence-corrected chi connectivity index (χ3v) is 5.24. The van der Waals surface area contributed by atoms with Gasteiger partial charge in [-0.05, 0) is 88.6 Å². The molecule has 0 atom stereocenters. The molecule has 3 rings (SSSR count). The lowest BCUT2D eigenvalue weighted by atomic mass is 10.2. The summed E-state index contributed by atoms with van der Waals surface area (Å²) in [5, 5.41) is 3.92. The zero-order valence-electron chi connectivity index (χ0n) is 18.7. The summed E-state index contributed by atoms with van der Waals surface area (Å²) in [6.07, 6.45) is 3.56. The highest BCUT2D eigenvalue weighted by Crippen LogP contribution is 2.20. The van der Waals surface area contributed by atoms with Gasteiger partial charge >= 0.3 is 5.97 Å². The lowest BCUT2D eigenvalue weighted by Gasteiger charge is -2.08. The summed E-state index contributed by atoms with van der Waals surface area (Å²) in [5.41, 5.74) is 3.57. The van der Waals surface area contributed by atoms with Crippen LogP contribution in [0.3, 0.4) is 0 Å². The molecule has 0 saturated carbocycles. The van der Waals surface area contributed by atoms with E-state index in [0.717, 1.165) is 24.2 Å². The van der Waals surface area contributed by atoms with E-state index in [1.165, 1.54) is 6.21 Å². The van der Waals surface area contributed by atoms with Gasteiger partial charge in [0.05, 0.1) is 18.4 Å². The molecule has 7 nitrogen and oxygen atoms in total. The van der Waals surface area contributed by atoms with Crippen molar-refractivity contribution in [3.05, 3.63) is 88.4 Å². The number of rotatable bonds is 11. The van der Waals surface area contributed by atoms with Crippen LogP contribution in [0.4, 0.5) is 0 Å². The van der Waals surface area contributed by atoms with Crippen LogP contribution in [0, 0.1) is 0 Å². The number of hydrazone groups is 1. The van der Waals surface area contributed by atoms with Gasteiger partial charge in [-0.1, -0.05) is 25.5 Å². The van der Waals surface area contributed by atoms with Gasteiger partial charge in [-0.15, -0.1) is 0 Å². The average Bonchev–Trinajstić information content (AvgIpc) is 2.85. The Balaban J connectivity index is 1.41. The first-order valence-electron chi connectivity index (χ1n) is 10.8. The Morgan fingerprint density at radius 1 is 0.912 bits per heavy atom. The molecule has 0 saturated heterocycles. The molecule has 3 aromatic rings. The number of nitrogens with one attached hydrogen (secondary N) is 1. The van der Waals surface area contributed by atoms with Gasteiger partial charge in [-0.25, -0.2) is 10.2 Å². The molecule has 0 aliphatic rings. The summed E-state index contributed by atoms with van der Waals surface area (Å²) in [5.74, 6) is 0.883. The molecule has 0 fully saturated rings. The summed E-state index contributed by atoms with van der Waals surface area (Å²) < 4.78 is 17.1. The van der Waals surface area contributed by atoms with Crippen LogP contribution in [0.2, 0.25) is 0 Å². The number of amides is 1. The molecule has 1 amide bonds. The number of carbonyl (C=O) groups excluding carboxylic acids is 2. The molecule has 0 radical (unpaired) electrons. The third kappa shape index (κ3) is 8.04. The van der Waals surface area contributed by atoms with Crippen LogP contribution in [0.25, 0.3) is 0 Å². The molecule has 3 aromatic carbocycles. The van der Waals surface area contributed by atoms with Crippen LogP contribution in [0.1, 0.15) is 35.7 Å². The largest absolute Gasteiger partial charge is 0.494 e. The number of hydrogen-bond donors (Lipinski definition) is 1. The molecule has 0 aliphatic carbocycles. The minimum Gasteiger partial charge on any atom is -0.494 e. The van der Waals surface area contributed by atoms with Crippen LogP contribution in [0.15, 0.2) is 82.4 Å². The van der Waals surface area contributed by atoms with Gasteiger partial charge in [-0.2, -0.15) is 5.10 Å². The molecule has 0 aromatic heterocycles. The average molecular weight is 525 g/mol. The molecule has 176 valence electrons. The van der Waals surface area contributed by atoms with Crippen molar-refractivity contribution in [1.82, 2.24) is 5.43 Å². The molecule has 8 heteroatoms. The molecule has 34 heavy (non-hydrogen) atoms. The third-order valence-electron chi connectivity index (χ3n) is 4.55. The number of halogens is 1. The van der Waals surface area contributed by atoms with Crippen molar-refractivity contribution in [3.63, 3.8) is 0 Å². The van der Waals surface area contributed by atoms with Crippen LogP contribution in [0.5, 0.6) is 17.2 Å². The van der Waals surface area contributed by atoms with Gasteiger partial charge in [0.15, 0.2) is 6.61 Å². The van der Waals surface area contributed by atoms with E-state index in [0.29, 0.717) is 28.1 Å². The van der Waals surface area contributed by atoms with Crippen molar-refractivity contribution in [2.45, 2.75) is 19.8 Å². The topological polar surface area (TPSA) is 86.2 Å². The standard InChI is InChI=1S/C26H25BrN2O5/c1-2-3-16-32-20-12-14-21(15-13-20)33-18-25(30)29-28-17-19-8-10-22(11-9-19)34-26(31)23-6-4-5-7-24(23)27/h4-15,17H,2-3,16,18H2,1H3,(H,29,30)/b28-17+. The Bertz CT molecular complexity index is 1110. The molecular weight excluding hydrogens is 500 g/mol. The Morgan fingerprint density at radius 2 is 1.56 bits per heavy atom. The highest BCUT2D eigenvalue weighted by Gasteiger charge is 2.11. The minimum absolute atomic E-state index is 0.169. The first-order valence-corrected chi connectivity index (χ1v) is 11.6. The number of nitrogens with zero attached hydrogens (tertiary/aromatic N) is 1. The first-order chi connectivity index (χ1) is 16.5. The minimum atomic E-state index is -0.459. The van der Waals surface area contributed by atoms with Crippen molar-refractivity contribution < 1.29 is 23.8 Å². The Morgan fingerprint density at radius 3 is 2.24 bits per heavy atom. The van der Waals surface area contributed by atoms with Crippen LogP contribution in [-0.4, -0.2) is 31.3 Å². The number of carbonyl (C=O) groups is 2. The first kappa shape index (κ1) is 25.0. The summed E-state index contributed by atoms with van der Waals surface area (Å²) in [4.78, 5) is 24.2. The summed E-state index contributed by atoms with van der Waals surface area (Å²) in [6.45, 7) is 2.62. The highest BCUT2D eigenvalue weighted by atomic mass is 79.9. The predicted octanol–water partition coefficient (Wildman–Crippen LogP) is 5.38. The van der Waals surface area contributed by atoms with Crippen molar-refractivity contribution in [3.8, 4) is 17.2 Å². The molecule has 0 unspecified atom stereocenters. The van der Waals surface area contributed by atoms with E-state index in [-0.39, 0.29) is 6.61 Å². The zero-order chi connectivity index (χ0) is 24.2. The van der Waals surface area contributed by atoms with Gasteiger partial charge in [0.25, 0.3) is 5.91 Å². The van der Waals surface area contributed by atoms with E-state index < -0.39 is 11.9 Å². The number of hydrogen-bond acceptors (Lipinski definition) is 6. The van der Waals surface area contributed by atoms with Gasteiger partial charge in [0.2, 0.25) is 0 Å². The maximum atomic E-state index is 12.3. The van der Waals surface area contributed by atoms with E-state index >= 15 is 0 Å². The fourth-order valence-electron chi connectivity index (χ4n) is 2.74. The normalized spacial score (nSPS) is 10.6. The molecule has 0 aliphatic heterocycles. The summed E-state index contributed by atoms with van der Waals surface area (Å²) in [7, 11) is 0. The zero-order valence-corrected chi connectivity index (χ0v) is 20.3. The summed E-state index contributed by atoms with van der Waals surface area (Å²) in [6, 6.07) is 20.9. The number of unbranched alkanes of at least 4 members (excludes halogenated alkanes) is 1. The summed E-state index contributed by atoms with van der Waals surface area (Å²) >= 11 is 3.33. The Kier molecular flexibility index (Phi) is 9.66.